The van der Waals surface area contributed by atoms with E-state index in [0.29, 0.717) is 6.42 Å². The molecule has 0 saturated heterocycles. The third-order valence-corrected chi connectivity index (χ3v) is 2.41. The van der Waals surface area contributed by atoms with E-state index in [1.807, 2.05) is 20.8 Å². The first-order chi connectivity index (χ1) is 8.29. The van der Waals surface area contributed by atoms with Crippen LogP contribution in [0.2, 0.25) is 0 Å². The maximum Gasteiger partial charge on any atom is 0.256 e. The molecule has 0 aliphatic carbocycles. The van der Waals surface area contributed by atoms with E-state index >= 15 is 0 Å². The number of hydrogen-bond acceptors (Lipinski definition) is 3. The highest BCUT2D eigenvalue weighted by atomic mass is 16.3. The van der Waals surface area contributed by atoms with E-state index in [2.05, 4.69) is 10.3 Å². The van der Waals surface area contributed by atoms with Crippen molar-refractivity contribution in [3.63, 3.8) is 0 Å². The topological polar surface area (TPSA) is 82.2 Å². The van der Waals surface area contributed by atoms with Crippen molar-refractivity contribution in [1.29, 1.82) is 0 Å². The maximum atomic E-state index is 11.7. The summed E-state index contributed by atoms with van der Waals surface area (Å²) in [5.41, 5.74) is -0.286. The standard InChI is InChI=1S/C13H20N2O3/c1-13(2,3)6-9(16)7-15-12(18)10-8-14-5-4-11(10)17/h4-5,8-9,16H,6-7H2,1-3H3,(H,14,17)(H,15,18). The van der Waals surface area contributed by atoms with Crippen molar-refractivity contribution in [3.05, 3.63) is 34.2 Å². The number of rotatable bonds is 4. The number of aromatic amines is 1. The number of hydrogen-bond donors (Lipinski definition) is 3. The Balaban J connectivity index is 2.52. The number of nitrogens with one attached hydrogen (secondary N) is 2. The van der Waals surface area contributed by atoms with E-state index in [0.717, 1.165) is 0 Å². The molecule has 0 radical (unpaired) electrons. The van der Waals surface area contributed by atoms with Gasteiger partial charge in [-0.05, 0) is 11.8 Å². The Morgan fingerprint density at radius 3 is 2.72 bits per heavy atom. The van der Waals surface area contributed by atoms with Crippen LogP contribution >= 0.6 is 0 Å². The summed E-state index contributed by atoms with van der Waals surface area (Å²) in [5, 5.41) is 12.3. The van der Waals surface area contributed by atoms with Gasteiger partial charge in [-0.1, -0.05) is 20.8 Å². The second kappa shape index (κ2) is 5.82. The number of pyridine rings is 1. The predicted molar refractivity (Wildman–Crippen MR) is 69.5 cm³/mol. The molecule has 1 heterocycles. The molecule has 18 heavy (non-hydrogen) atoms. The molecule has 5 nitrogen and oxygen atoms in total. The van der Waals surface area contributed by atoms with E-state index < -0.39 is 12.0 Å². The molecule has 0 spiro atoms. The van der Waals surface area contributed by atoms with Crippen molar-refractivity contribution >= 4 is 5.91 Å². The number of aromatic nitrogens is 1. The zero-order valence-electron chi connectivity index (χ0n) is 11.0. The molecule has 100 valence electrons. The average molecular weight is 252 g/mol. The molecule has 3 N–H and O–H groups in total. The number of aliphatic hydroxyl groups excluding tert-OH is 1. The summed E-state index contributed by atoms with van der Waals surface area (Å²) < 4.78 is 0. The van der Waals surface area contributed by atoms with Crippen molar-refractivity contribution in [2.75, 3.05) is 6.54 Å². The first-order valence-electron chi connectivity index (χ1n) is 5.93. The lowest BCUT2D eigenvalue weighted by molar-refractivity contribution is 0.0867. The predicted octanol–water partition coefficient (Wildman–Crippen LogP) is 0.902. The molecule has 5 heteroatoms. The summed E-state index contributed by atoms with van der Waals surface area (Å²) >= 11 is 0. The molecule has 0 bridgehead atoms. The molecule has 0 fully saturated rings. The summed E-state index contributed by atoms with van der Waals surface area (Å²) in [4.78, 5) is 25.8. The van der Waals surface area contributed by atoms with Gasteiger partial charge in [0.05, 0.1) is 6.10 Å². The highest BCUT2D eigenvalue weighted by Gasteiger charge is 2.18. The zero-order chi connectivity index (χ0) is 13.8. The van der Waals surface area contributed by atoms with Crippen molar-refractivity contribution in [2.45, 2.75) is 33.3 Å². The number of H-pyrrole nitrogens is 1. The fourth-order valence-electron chi connectivity index (χ4n) is 1.68. The summed E-state index contributed by atoms with van der Waals surface area (Å²) in [6.45, 7) is 6.18. The highest BCUT2D eigenvalue weighted by molar-refractivity contribution is 5.93. The van der Waals surface area contributed by atoms with E-state index in [1.54, 1.807) is 0 Å². The molecule has 1 aromatic heterocycles. The average Bonchev–Trinajstić information content (AvgIpc) is 2.24. The van der Waals surface area contributed by atoms with Gasteiger partial charge in [0, 0.05) is 25.0 Å². The molecule has 1 rings (SSSR count). The Bertz CT molecular complexity index is 460. The summed E-state index contributed by atoms with van der Waals surface area (Å²) in [5.74, 6) is -0.468. The number of carbonyl (C=O) groups excluding carboxylic acids is 1. The molecule has 0 aliphatic rings. The van der Waals surface area contributed by atoms with Gasteiger partial charge in [0.2, 0.25) is 0 Å². The molecule has 1 amide bonds. The van der Waals surface area contributed by atoms with Crippen LogP contribution in [0, 0.1) is 5.41 Å². The summed E-state index contributed by atoms with van der Waals surface area (Å²) in [6.07, 6.45) is 2.79. The lowest BCUT2D eigenvalue weighted by atomic mass is 9.89. The minimum atomic E-state index is -0.614. The smallest absolute Gasteiger partial charge is 0.256 e. The number of aliphatic hydroxyl groups is 1. The fourth-order valence-corrected chi connectivity index (χ4v) is 1.68. The van der Waals surface area contributed by atoms with Crippen LogP contribution in [0.25, 0.3) is 0 Å². The molecule has 1 atom stereocenters. The molecule has 1 aromatic rings. The Morgan fingerprint density at radius 2 is 2.17 bits per heavy atom. The van der Waals surface area contributed by atoms with Gasteiger partial charge in [-0.3, -0.25) is 9.59 Å². The number of carbonyl (C=O) groups is 1. The third-order valence-electron chi connectivity index (χ3n) is 2.41. The van der Waals surface area contributed by atoms with Gasteiger partial charge in [0.15, 0.2) is 5.43 Å². The first-order valence-corrected chi connectivity index (χ1v) is 5.93. The molecular formula is C13H20N2O3. The molecule has 0 aromatic carbocycles. The van der Waals surface area contributed by atoms with Gasteiger partial charge in [-0.15, -0.1) is 0 Å². The van der Waals surface area contributed by atoms with Crippen LogP contribution < -0.4 is 10.7 Å². The minimum Gasteiger partial charge on any atom is -0.391 e. The van der Waals surface area contributed by atoms with Gasteiger partial charge in [-0.25, -0.2) is 0 Å². The van der Waals surface area contributed by atoms with Crippen molar-refractivity contribution in [2.24, 2.45) is 5.41 Å². The quantitative estimate of drug-likeness (QED) is 0.744. The van der Waals surface area contributed by atoms with Crippen LogP contribution in [-0.4, -0.2) is 28.6 Å². The lowest BCUT2D eigenvalue weighted by Crippen LogP contribution is -2.36. The van der Waals surface area contributed by atoms with Crippen LogP contribution in [-0.2, 0) is 0 Å². The van der Waals surface area contributed by atoms with E-state index in [4.69, 9.17) is 0 Å². The van der Waals surface area contributed by atoms with Crippen molar-refractivity contribution < 1.29 is 9.90 Å². The second-order valence-corrected chi connectivity index (χ2v) is 5.55. The Kier molecular flexibility index (Phi) is 4.67. The van der Waals surface area contributed by atoms with Gasteiger partial charge >= 0.3 is 0 Å². The summed E-state index contributed by atoms with van der Waals surface area (Å²) in [7, 11) is 0. The zero-order valence-corrected chi connectivity index (χ0v) is 11.0. The fraction of sp³-hybridized carbons (Fsp3) is 0.538. The van der Waals surface area contributed by atoms with Crippen LogP contribution in [0.5, 0.6) is 0 Å². The first kappa shape index (κ1) is 14.4. The van der Waals surface area contributed by atoms with Crippen molar-refractivity contribution in [1.82, 2.24) is 10.3 Å². The SMILES string of the molecule is CC(C)(C)CC(O)CNC(=O)c1c[nH]ccc1=O. The van der Waals surface area contributed by atoms with Crippen LogP contribution in [0.1, 0.15) is 37.6 Å². The molecule has 0 aliphatic heterocycles. The lowest BCUT2D eigenvalue weighted by Gasteiger charge is -2.22. The second-order valence-electron chi connectivity index (χ2n) is 5.55. The van der Waals surface area contributed by atoms with E-state index in [9.17, 15) is 14.7 Å². The van der Waals surface area contributed by atoms with Gasteiger partial charge in [0.25, 0.3) is 5.91 Å². The van der Waals surface area contributed by atoms with Gasteiger partial charge in [-0.2, -0.15) is 0 Å². The van der Waals surface area contributed by atoms with Gasteiger partial charge < -0.3 is 15.4 Å². The minimum absolute atomic E-state index is 0.00559. The third kappa shape index (κ3) is 4.71. The van der Waals surface area contributed by atoms with E-state index in [1.165, 1.54) is 18.5 Å². The Morgan fingerprint density at radius 1 is 1.50 bits per heavy atom. The normalized spacial score (nSPS) is 13.1. The van der Waals surface area contributed by atoms with Crippen LogP contribution in [0.4, 0.5) is 0 Å². The largest absolute Gasteiger partial charge is 0.391 e. The summed E-state index contributed by atoms with van der Waals surface area (Å²) in [6, 6.07) is 1.29. The molecule has 1 unspecified atom stereocenters. The maximum absolute atomic E-state index is 11.7. The number of amides is 1. The van der Waals surface area contributed by atoms with E-state index in [-0.39, 0.29) is 23.0 Å². The monoisotopic (exact) mass is 252 g/mol. The van der Waals surface area contributed by atoms with Crippen molar-refractivity contribution in [3.8, 4) is 0 Å². The molecule has 0 saturated carbocycles. The Labute approximate surface area is 106 Å². The Hall–Kier alpha value is -1.62. The van der Waals surface area contributed by atoms with Gasteiger partial charge in [0.1, 0.15) is 5.56 Å². The van der Waals surface area contributed by atoms with Crippen LogP contribution in [0.3, 0.4) is 0 Å². The highest BCUT2D eigenvalue weighted by Crippen LogP contribution is 2.20. The van der Waals surface area contributed by atoms with Crippen LogP contribution in [0.15, 0.2) is 23.3 Å². The molecular weight excluding hydrogens is 232 g/mol.